The highest BCUT2D eigenvalue weighted by Crippen LogP contribution is 2.29. The molecule has 0 atom stereocenters. The molecule has 2 heterocycles. The summed E-state index contributed by atoms with van der Waals surface area (Å²) in [5.74, 6) is 0.138. The van der Waals surface area contributed by atoms with Gasteiger partial charge in [0.05, 0.1) is 5.39 Å². The number of anilines is 2. The van der Waals surface area contributed by atoms with Gasteiger partial charge in [0.25, 0.3) is 0 Å². The van der Waals surface area contributed by atoms with Crippen LogP contribution in [0.1, 0.15) is 0 Å². The molecule has 0 radical (unpaired) electrons. The number of carbonyl (C=O) groups is 1. The van der Waals surface area contributed by atoms with E-state index in [-0.39, 0.29) is 6.61 Å². The maximum absolute atomic E-state index is 10.6. The molecule has 4 rings (SSSR count). The van der Waals surface area contributed by atoms with E-state index in [4.69, 9.17) is 21.4 Å². The normalized spacial score (nSPS) is 10.8. The first-order valence-electron chi connectivity index (χ1n) is 8.40. The van der Waals surface area contributed by atoms with Gasteiger partial charge in [-0.2, -0.15) is 0 Å². The molecule has 0 spiro atoms. The summed E-state index contributed by atoms with van der Waals surface area (Å²) in [6, 6.07) is 16.5. The number of benzene rings is 2. The van der Waals surface area contributed by atoms with Crippen LogP contribution in [0.3, 0.4) is 0 Å². The van der Waals surface area contributed by atoms with Gasteiger partial charge < -0.3 is 20.1 Å². The molecule has 0 unspecified atom stereocenters. The first-order valence-corrected chi connectivity index (χ1v) is 8.77. The number of H-pyrrole nitrogens is 1. The van der Waals surface area contributed by atoms with Crippen LogP contribution in [0.5, 0.6) is 5.75 Å². The highest BCUT2D eigenvalue weighted by atomic mass is 35.5. The van der Waals surface area contributed by atoms with Crippen LogP contribution in [0.15, 0.2) is 60.9 Å². The number of nitrogens with zero attached hydrogens (tertiary/aromatic N) is 2. The lowest BCUT2D eigenvalue weighted by atomic mass is 10.1. The molecule has 3 N–H and O–H groups in total. The van der Waals surface area contributed by atoms with Gasteiger partial charge in [-0.25, -0.2) is 14.8 Å². The van der Waals surface area contributed by atoms with Gasteiger partial charge in [0.15, 0.2) is 6.61 Å². The Morgan fingerprint density at radius 3 is 2.71 bits per heavy atom. The van der Waals surface area contributed by atoms with Gasteiger partial charge in [-0.1, -0.05) is 17.7 Å². The van der Waals surface area contributed by atoms with Crippen molar-refractivity contribution >= 4 is 40.1 Å². The minimum Gasteiger partial charge on any atom is -0.482 e. The Labute approximate surface area is 165 Å². The third-order valence-electron chi connectivity index (χ3n) is 4.04. The molecule has 0 aliphatic heterocycles. The van der Waals surface area contributed by atoms with Gasteiger partial charge in [0.2, 0.25) is 0 Å². The van der Waals surface area contributed by atoms with E-state index in [1.807, 2.05) is 36.4 Å². The van der Waals surface area contributed by atoms with E-state index < -0.39 is 5.97 Å². The molecule has 0 amide bonds. The number of aromatic nitrogens is 3. The summed E-state index contributed by atoms with van der Waals surface area (Å²) in [6.45, 7) is -0.375. The molecule has 140 valence electrons. The van der Waals surface area contributed by atoms with Crippen molar-refractivity contribution in [3.05, 3.63) is 65.9 Å². The molecule has 0 aliphatic rings. The zero-order valence-corrected chi connectivity index (χ0v) is 15.3. The zero-order chi connectivity index (χ0) is 19.5. The molecule has 8 heteroatoms. The van der Waals surface area contributed by atoms with Crippen molar-refractivity contribution < 1.29 is 14.6 Å². The number of carboxylic acids is 1. The van der Waals surface area contributed by atoms with E-state index >= 15 is 0 Å². The Hall–Kier alpha value is -3.58. The van der Waals surface area contributed by atoms with Crippen molar-refractivity contribution in [2.75, 3.05) is 11.9 Å². The highest BCUT2D eigenvalue weighted by molar-refractivity contribution is 6.30. The first-order chi connectivity index (χ1) is 13.6. The molecule has 2 aromatic heterocycles. The summed E-state index contributed by atoms with van der Waals surface area (Å²) in [5.41, 5.74) is 3.29. The molecular formula is C20H15ClN4O3. The summed E-state index contributed by atoms with van der Waals surface area (Å²) in [4.78, 5) is 22.5. The van der Waals surface area contributed by atoms with E-state index in [2.05, 4.69) is 20.3 Å². The van der Waals surface area contributed by atoms with Crippen LogP contribution < -0.4 is 10.1 Å². The second-order valence-electron chi connectivity index (χ2n) is 6.01. The molecule has 0 aliphatic carbocycles. The first kappa shape index (κ1) is 17.8. The Balaban J connectivity index is 1.62. The van der Waals surface area contributed by atoms with Gasteiger partial charge in [-0.3, -0.25) is 0 Å². The number of hydrogen-bond acceptors (Lipinski definition) is 5. The third kappa shape index (κ3) is 3.89. The molecular weight excluding hydrogens is 380 g/mol. The summed E-state index contributed by atoms with van der Waals surface area (Å²) in [5, 5.41) is 13.4. The number of aromatic amines is 1. The van der Waals surface area contributed by atoms with Crippen LogP contribution in [0.4, 0.5) is 11.5 Å². The number of fused-ring (bicyclic) bond motifs is 1. The lowest BCUT2D eigenvalue weighted by Gasteiger charge is -2.06. The number of nitrogens with one attached hydrogen (secondary N) is 2. The predicted molar refractivity (Wildman–Crippen MR) is 107 cm³/mol. The van der Waals surface area contributed by atoms with Gasteiger partial charge in [-0.15, -0.1) is 0 Å². The summed E-state index contributed by atoms with van der Waals surface area (Å²) in [6.07, 6.45) is 1.48. The molecule has 7 nitrogen and oxygen atoms in total. The number of ether oxygens (including phenoxy) is 1. The number of aliphatic carboxylic acids is 1. The van der Waals surface area contributed by atoms with Gasteiger partial charge >= 0.3 is 5.97 Å². The van der Waals surface area contributed by atoms with E-state index in [1.54, 1.807) is 18.2 Å². The monoisotopic (exact) mass is 394 g/mol. The summed E-state index contributed by atoms with van der Waals surface area (Å²) < 4.78 is 5.16. The van der Waals surface area contributed by atoms with Crippen LogP contribution >= 0.6 is 11.6 Å². The molecule has 0 fully saturated rings. The molecule has 4 aromatic rings. The Morgan fingerprint density at radius 1 is 1.14 bits per heavy atom. The second kappa shape index (κ2) is 7.58. The average Bonchev–Trinajstić information content (AvgIpc) is 3.12. The third-order valence-corrected chi connectivity index (χ3v) is 4.28. The summed E-state index contributed by atoms with van der Waals surface area (Å²) in [7, 11) is 0. The fraction of sp³-hybridized carbons (Fsp3) is 0.0500. The SMILES string of the molecule is O=C(O)COc1ccc(-c2cc3c(Nc4cccc(Cl)c4)ncnc3[nH]2)cc1. The molecule has 28 heavy (non-hydrogen) atoms. The molecule has 0 saturated heterocycles. The van der Waals surface area contributed by atoms with Crippen LogP contribution in [-0.2, 0) is 4.79 Å². The highest BCUT2D eigenvalue weighted by Gasteiger charge is 2.10. The Morgan fingerprint density at radius 2 is 1.96 bits per heavy atom. The van der Waals surface area contributed by atoms with Crippen molar-refractivity contribution in [2.24, 2.45) is 0 Å². The number of hydrogen-bond donors (Lipinski definition) is 3. The van der Waals surface area contributed by atoms with Crippen LogP contribution in [0.25, 0.3) is 22.3 Å². The Bertz CT molecular complexity index is 1140. The summed E-state index contributed by atoms with van der Waals surface area (Å²) >= 11 is 6.04. The van der Waals surface area contributed by atoms with E-state index in [9.17, 15) is 4.79 Å². The van der Waals surface area contributed by atoms with Gasteiger partial charge in [0.1, 0.15) is 23.5 Å². The zero-order valence-electron chi connectivity index (χ0n) is 14.5. The number of carboxylic acid groups (broad SMARTS) is 1. The Kier molecular flexibility index (Phi) is 4.82. The molecule has 0 saturated carbocycles. The van der Waals surface area contributed by atoms with Crippen LogP contribution in [0.2, 0.25) is 5.02 Å². The predicted octanol–water partition coefficient (Wildman–Crippen LogP) is 4.49. The van der Waals surface area contributed by atoms with Crippen molar-refractivity contribution in [1.29, 1.82) is 0 Å². The number of rotatable bonds is 6. The fourth-order valence-electron chi connectivity index (χ4n) is 2.77. The standard InChI is InChI=1S/C20H15ClN4O3/c21-13-2-1-3-14(8-13)24-19-16-9-17(25-20(16)23-11-22-19)12-4-6-15(7-5-12)28-10-18(26)27/h1-9,11H,10H2,(H,26,27)(H2,22,23,24,25). The molecule has 2 aromatic carbocycles. The van der Waals surface area contributed by atoms with Crippen molar-refractivity contribution in [1.82, 2.24) is 15.0 Å². The van der Waals surface area contributed by atoms with E-state index in [0.717, 1.165) is 22.3 Å². The van der Waals surface area contributed by atoms with Crippen molar-refractivity contribution in [3.8, 4) is 17.0 Å². The van der Waals surface area contributed by atoms with Crippen LogP contribution in [0, 0.1) is 0 Å². The van der Waals surface area contributed by atoms with E-state index in [0.29, 0.717) is 22.2 Å². The van der Waals surface area contributed by atoms with Gasteiger partial charge in [0, 0.05) is 16.4 Å². The molecule has 0 bridgehead atoms. The largest absolute Gasteiger partial charge is 0.482 e. The maximum atomic E-state index is 10.6. The van der Waals surface area contributed by atoms with E-state index in [1.165, 1.54) is 6.33 Å². The smallest absolute Gasteiger partial charge is 0.341 e. The fourth-order valence-corrected chi connectivity index (χ4v) is 2.96. The lowest BCUT2D eigenvalue weighted by molar-refractivity contribution is -0.139. The maximum Gasteiger partial charge on any atom is 0.341 e. The quantitative estimate of drug-likeness (QED) is 0.445. The van der Waals surface area contributed by atoms with Gasteiger partial charge in [-0.05, 0) is 54.1 Å². The van der Waals surface area contributed by atoms with Crippen molar-refractivity contribution in [3.63, 3.8) is 0 Å². The second-order valence-corrected chi connectivity index (χ2v) is 6.45. The minimum atomic E-state index is -1.02. The van der Waals surface area contributed by atoms with Crippen LogP contribution in [-0.4, -0.2) is 32.6 Å². The number of halogens is 1. The lowest BCUT2D eigenvalue weighted by Crippen LogP contribution is -2.09. The minimum absolute atomic E-state index is 0.375. The average molecular weight is 395 g/mol. The van der Waals surface area contributed by atoms with Crippen molar-refractivity contribution in [2.45, 2.75) is 0 Å². The topological polar surface area (TPSA) is 100 Å².